The number of carboxylic acids is 1. The molecule has 0 aliphatic heterocycles. The molecule has 0 aliphatic carbocycles. The Labute approximate surface area is 84.6 Å². The predicted molar refractivity (Wildman–Crippen MR) is 53.2 cm³/mol. The fourth-order valence-corrected chi connectivity index (χ4v) is 1.86. The van der Waals surface area contributed by atoms with E-state index in [1.54, 1.807) is 5.51 Å². The molecule has 1 heterocycles. The number of thiazole rings is 1. The van der Waals surface area contributed by atoms with Crippen molar-refractivity contribution >= 4 is 41.5 Å². The minimum Gasteiger partial charge on any atom is -0.481 e. The summed E-state index contributed by atoms with van der Waals surface area (Å²) < 4.78 is 0. The second kappa shape index (κ2) is 6.28. The summed E-state index contributed by atoms with van der Waals surface area (Å²) in [7, 11) is 0. The van der Waals surface area contributed by atoms with Crippen LogP contribution in [0, 0.1) is 0 Å². The van der Waals surface area contributed by atoms with Gasteiger partial charge in [-0.25, -0.2) is 4.98 Å². The number of aliphatic carboxylic acids is 1. The number of halogens is 1. The van der Waals surface area contributed by atoms with Gasteiger partial charge in [-0.05, 0) is 0 Å². The quantitative estimate of drug-likeness (QED) is 0.850. The minimum atomic E-state index is -0.773. The van der Waals surface area contributed by atoms with E-state index < -0.39 is 5.97 Å². The van der Waals surface area contributed by atoms with Crippen LogP contribution in [-0.2, 0) is 10.5 Å². The zero-order valence-corrected chi connectivity index (χ0v) is 8.55. The third-order valence-corrected chi connectivity index (χ3v) is 2.55. The first kappa shape index (κ1) is 11.7. The molecular formula is C6H8ClNO2S2. The van der Waals surface area contributed by atoms with Crippen molar-refractivity contribution in [3.63, 3.8) is 0 Å². The fraction of sp³-hybridized carbons (Fsp3) is 0.333. The maximum atomic E-state index is 10.1. The summed E-state index contributed by atoms with van der Waals surface area (Å²) in [6.45, 7) is 0. The summed E-state index contributed by atoms with van der Waals surface area (Å²) in [5.41, 5.74) is 2.71. The summed E-state index contributed by atoms with van der Waals surface area (Å²) in [6.07, 6.45) is 0. The summed E-state index contributed by atoms with van der Waals surface area (Å²) in [5.74, 6) is 0.0677. The second-order valence-electron chi connectivity index (χ2n) is 1.87. The number of carboxylic acid groups (broad SMARTS) is 1. The lowest BCUT2D eigenvalue weighted by Crippen LogP contribution is -1.98. The van der Waals surface area contributed by atoms with Crippen LogP contribution in [0.2, 0.25) is 0 Å². The molecule has 68 valence electrons. The van der Waals surface area contributed by atoms with E-state index in [0.29, 0.717) is 5.75 Å². The zero-order valence-electron chi connectivity index (χ0n) is 6.10. The molecule has 0 bridgehead atoms. The van der Waals surface area contributed by atoms with Crippen molar-refractivity contribution < 1.29 is 9.90 Å². The molecule has 0 aliphatic rings. The lowest BCUT2D eigenvalue weighted by molar-refractivity contribution is -0.133. The largest absolute Gasteiger partial charge is 0.481 e. The third kappa shape index (κ3) is 4.58. The van der Waals surface area contributed by atoms with Gasteiger partial charge < -0.3 is 5.11 Å². The van der Waals surface area contributed by atoms with Crippen LogP contribution in [0.4, 0.5) is 0 Å². The number of hydrogen-bond donors (Lipinski definition) is 1. The monoisotopic (exact) mass is 225 g/mol. The van der Waals surface area contributed by atoms with Crippen LogP contribution < -0.4 is 0 Å². The molecule has 1 aromatic rings. The topological polar surface area (TPSA) is 50.2 Å². The summed E-state index contributed by atoms with van der Waals surface area (Å²) in [6, 6.07) is 0. The molecule has 1 rings (SSSR count). The van der Waals surface area contributed by atoms with Crippen molar-refractivity contribution in [3.05, 3.63) is 16.6 Å². The second-order valence-corrected chi connectivity index (χ2v) is 3.57. The molecular weight excluding hydrogens is 218 g/mol. The maximum absolute atomic E-state index is 10.1. The average Bonchev–Trinajstić information content (AvgIpc) is 2.39. The van der Waals surface area contributed by atoms with Crippen LogP contribution in [0.1, 0.15) is 5.69 Å². The fourth-order valence-electron chi connectivity index (χ4n) is 0.552. The number of carbonyl (C=O) groups is 1. The standard InChI is InChI=1S/C6H7NO2S2.ClH/c8-6(9)3-10-1-5-2-11-4-7-5;/h2,4H,1,3H2,(H,8,9);1H. The Morgan fingerprint density at radius 3 is 3.00 bits per heavy atom. The molecule has 0 spiro atoms. The lowest BCUT2D eigenvalue weighted by Gasteiger charge is -1.92. The molecule has 1 aromatic heterocycles. The molecule has 0 amide bonds. The SMILES string of the molecule is Cl.O=C(O)CSCc1cscn1. The Morgan fingerprint density at radius 1 is 1.75 bits per heavy atom. The third-order valence-electron chi connectivity index (χ3n) is 0.959. The van der Waals surface area contributed by atoms with Crippen LogP contribution in [0.15, 0.2) is 10.9 Å². The van der Waals surface area contributed by atoms with Gasteiger partial charge in [0.25, 0.3) is 0 Å². The molecule has 1 N–H and O–H groups in total. The van der Waals surface area contributed by atoms with Gasteiger partial charge >= 0.3 is 5.97 Å². The average molecular weight is 226 g/mol. The number of thioether (sulfide) groups is 1. The first-order valence-corrected chi connectivity index (χ1v) is 5.05. The first-order valence-electron chi connectivity index (χ1n) is 2.95. The van der Waals surface area contributed by atoms with Gasteiger partial charge in [-0.3, -0.25) is 4.79 Å². The normalized spacial score (nSPS) is 9.00. The molecule has 3 nitrogen and oxygen atoms in total. The molecule has 0 aromatic carbocycles. The van der Waals surface area contributed by atoms with Gasteiger partial charge in [-0.15, -0.1) is 35.5 Å². The van der Waals surface area contributed by atoms with Crippen LogP contribution in [0.5, 0.6) is 0 Å². The van der Waals surface area contributed by atoms with Crippen molar-refractivity contribution in [1.82, 2.24) is 4.98 Å². The van der Waals surface area contributed by atoms with Gasteiger partial charge in [0.05, 0.1) is 17.0 Å². The maximum Gasteiger partial charge on any atom is 0.313 e. The minimum absolute atomic E-state index is 0. The highest BCUT2D eigenvalue weighted by atomic mass is 35.5. The molecule has 0 atom stereocenters. The molecule has 0 saturated heterocycles. The van der Waals surface area contributed by atoms with Gasteiger partial charge in [0.1, 0.15) is 0 Å². The van der Waals surface area contributed by atoms with Gasteiger partial charge in [-0.2, -0.15) is 0 Å². The van der Waals surface area contributed by atoms with Crippen molar-refractivity contribution in [1.29, 1.82) is 0 Å². The predicted octanol–water partition coefficient (Wildman–Crippen LogP) is 1.88. The lowest BCUT2D eigenvalue weighted by atomic mass is 10.6. The smallest absolute Gasteiger partial charge is 0.313 e. The van der Waals surface area contributed by atoms with Crippen LogP contribution in [0.25, 0.3) is 0 Å². The van der Waals surface area contributed by atoms with Crippen LogP contribution in [0.3, 0.4) is 0 Å². The van der Waals surface area contributed by atoms with E-state index in [-0.39, 0.29) is 18.2 Å². The van der Waals surface area contributed by atoms with Crippen molar-refractivity contribution in [3.8, 4) is 0 Å². The number of nitrogens with zero attached hydrogens (tertiary/aromatic N) is 1. The van der Waals surface area contributed by atoms with E-state index in [1.165, 1.54) is 23.1 Å². The molecule has 6 heteroatoms. The van der Waals surface area contributed by atoms with Crippen LogP contribution >= 0.6 is 35.5 Å². The highest BCUT2D eigenvalue weighted by Crippen LogP contribution is 2.11. The number of rotatable bonds is 4. The summed E-state index contributed by atoms with van der Waals surface area (Å²) >= 11 is 2.89. The molecule has 0 saturated carbocycles. The van der Waals surface area contributed by atoms with Crippen molar-refractivity contribution in [2.75, 3.05) is 5.75 Å². The summed E-state index contributed by atoms with van der Waals surface area (Å²) in [4.78, 5) is 14.1. The number of aromatic nitrogens is 1. The van der Waals surface area contributed by atoms with Gasteiger partial charge in [0.2, 0.25) is 0 Å². The number of hydrogen-bond acceptors (Lipinski definition) is 4. The molecule has 0 fully saturated rings. The van der Waals surface area contributed by atoms with E-state index in [1.807, 2.05) is 5.38 Å². The van der Waals surface area contributed by atoms with Crippen LogP contribution in [-0.4, -0.2) is 21.8 Å². The Balaban J connectivity index is 0.00000121. The van der Waals surface area contributed by atoms with E-state index in [4.69, 9.17) is 5.11 Å². The van der Waals surface area contributed by atoms with Gasteiger partial charge in [0.15, 0.2) is 0 Å². The Hall–Kier alpha value is -0.260. The molecule has 0 radical (unpaired) electrons. The molecule has 12 heavy (non-hydrogen) atoms. The van der Waals surface area contributed by atoms with Gasteiger partial charge in [0, 0.05) is 11.1 Å². The van der Waals surface area contributed by atoms with Crippen molar-refractivity contribution in [2.24, 2.45) is 0 Å². The Bertz CT molecular complexity index is 227. The van der Waals surface area contributed by atoms with E-state index in [2.05, 4.69) is 4.98 Å². The molecule has 0 unspecified atom stereocenters. The highest BCUT2D eigenvalue weighted by molar-refractivity contribution is 7.99. The van der Waals surface area contributed by atoms with Crippen molar-refractivity contribution in [2.45, 2.75) is 5.75 Å². The van der Waals surface area contributed by atoms with E-state index >= 15 is 0 Å². The first-order chi connectivity index (χ1) is 5.29. The Kier molecular flexibility index (Phi) is 6.14. The zero-order chi connectivity index (χ0) is 8.10. The van der Waals surface area contributed by atoms with Gasteiger partial charge in [-0.1, -0.05) is 0 Å². The Morgan fingerprint density at radius 2 is 2.50 bits per heavy atom. The van der Waals surface area contributed by atoms with E-state index in [0.717, 1.165) is 5.69 Å². The summed E-state index contributed by atoms with van der Waals surface area (Å²) in [5, 5.41) is 10.2. The highest BCUT2D eigenvalue weighted by Gasteiger charge is 1.98. The van der Waals surface area contributed by atoms with E-state index in [9.17, 15) is 4.79 Å².